The van der Waals surface area contributed by atoms with Gasteiger partial charge < -0.3 is 56.7 Å². The molecule has 2 amide bonds. The molecule has 0 aliphatic carbocycles. The van der Waals surface area contributed by atoms with Gasteiger partial charge in [0, 0.05) is 29.6 Å². The molecule has 11 N–H and O–H groups in total. The van der Waals surface area contributed by atoms with Gasteiger partial charge in [0.2, 0.25) is 24.0 Å². The van der Waals surface area contributed by atoms with E-state index in [-0.39, 0.29) is 24.1 Å². The van der Waals surface area contributed by atoms with Crippen LogP contribution in [0.3, 0.4) is 0 Å². The van der Waals surface area contributed by atoms with Crippen LogP contribution in [0.5, 0.6) is 11.6 Å². The van der Waals surface area contributed by atoms with Crippen LogP contribution in [-0.2, 0) is 20.7 Å². The lowest BCUT2D eigenvalue weighted by molar-refractivity contribution is -0.278. The Bertz CT molecular complexity index is 1350. The van der Waals surface area contributed by atoms with Gasteiger partial charge in [0.25, 0.3) is 0 Å². The molecule has 6 atom stereocenters. The minimum atomic E-state index is -1.56. The largest absolute Gasteiger partial charge is 0.494 e. The Balaban J connectivity index is 1.53. The summed E-state index contributed by atoms with van der Waals surface area (Å²) in [6, 6.07) is 5.10. The summed E-state index contributed by atoms with van der Waals surface area (Å²) in [4.78, 5) is 24.3. The third-order valence-electron chi connectivity index (χ3n) is 8.62. The molecule has 15 nitrogen and oxygen atoms in total. The van der Waals surface area contributed by atoms with E-state index in [4.69, 9.17) is 25.7 Å². The fraction of sp³-hybridized carbons (Fsp3) is 0.676. The second-order valence-corrected chi connectivity index (χ2v) is 13.7. The number of aromatic amines is 1. The molecule has 3 rings (SSSR count). The predicted octanol–water partition coefficient (Wildman–Crippen LogP) is 0.237. The van der Waals surface area contributed by atoms with Crippen molar-refractivity contribution in [1.29, 1.82) is 0 Å². The van der Waals surface area contributed by atoms with Crippen molar-refractivity contribution in [2.45, 2.75) is 121 Å². The van der Waals surface area contributed by atoms with E-state index in [9.17, 15) is 30.0 Å². The van der Waals surface area contributed by atoms with Crippen LogP contribution in [0.15, 0.2) is 18.2 Å². The number of nitrogens with zero attached hydrogens (tertiary/aromatic N) is 1. The third kappa shape index (κ3) is 11.6. The highest BCUT2D eigenvalue weighted by atomic mass is 16.7. The molecule has 0 saturated carbocycles. The van der Waals surface area contributed by atoms with Crippen LogP contribution >= 0.6 is 0 Å². The van der Waals surface area contributed by atoms with E-state index in [0.717, 1.165) is 28.8 Å². The van der Waals surface area contributed by atoms with E-state index in [1.54, 1.807) is 0 Å². The number of ether oxygens (including phenoxy) is 3. The second kappa shape index (κ2) is 18.6. The minimum absolute atomic E-state index is 0.0732. The molecule has 1 aromatic heterocycles. The molecule has 1 fully saturated rings. The maximum Gasteiger partial charge on any atom is 0.239 e. The lowest BCUT2D eigenvalue weighted by Crippen LogP contribution is -2.60. The number of nitrogens with two attached hydrogens (primary N) is 2. The number of aryl methyl sites for hydroxylation is 1. The van der Waals surface area contributed by atoms with E-state index < -0.39 is 54.8 Å². The van der Waals surface area contributed by atoms with E-state index in [1.807, 2.05) is 52.8 Å². The number of hydrogen-bond acceptors (Lipinski definition) is 12. The van der Waals surface area contributed by atoms with Crippen LogP contribution in [0, 0.1) is 6.92 Å². The van der Waals surface area contributed by atoms with Gasteiger partial charge in [-0.05, 0) is 88.7 Å². The van der Waals surface area contributed by atoms with E-state index >= 15 is 0 Å². The summed E-state index contributed by atoms with van der Waals surface area (Å²) in [7, 11) is 0. The average molecular weight is 693 g/mol. The van der Waals surface area contributed by atoms with Crippen molar-refractivity contribution in [3.05, 3.63) is 40.6 Å². The van der Waals surface area contributed by atoms with Crippen molar-refractivity contribution in [2.75, 3.05) is 26.3 Å². The van der Waals surface area contributed by atoms with Crippen molar-refractivity contribution >= 4 is 11.8 Å². The summed E-state index contributed by atoms with van der Waals surface area (Å²) in [5.74, 6) is 0.175. The molecule has 1 saturated heterocycles. The number of hydrogen-bond donors (Lipinski definition) is 9. The van der Waals surface area contributed by atoms with Crippen LogP contribution in [0.4, 0.5) is 0 Å². The molecule has 2 aromatic rings. The number of amides is 2. The quantitative estimate of drug-likeness (QED) is 0.0847. The maximum absolute atomic E-state index is 12.6. The SMILES string of the molecule is Cc1cc(OCCCNC(C)(C)CC(=O)N[C@@H](CCCCN)C(N)=O)ccc1Cc1c(O[C@@H]2O[C@H](CO)[C@@H](O)[C@H](O)[C@H]2O)n[nH]c1C(C)C. The minimum Gasteiger partial charge on any atom is -0.494 e. The highest BCUT2D eigenvalue weighted by Crippen LogP contribution is 2.32. The summed E-state index contributed by atoms with van der Waals surface area (Å²) in [6.07, 6.45) is -3.80. The summed E-state index contributed by atoms with van der Waals surface area (Å²) in [6.45, 7) is 10.9. The molecule has 276 valence electrons. The number of carbonyl (C=O) groups excluding carboxylic acids is 2. The van der Waals surface area contributed by atoms with Crippen molar-refractivity contribution < 1.29 is 44.2 Å². The number of primary amides is 1. The molecular formula is C34H56N6O9. The molecule has 1 aromatic carbocycles. The first-order chi connectivity index (χ1) is 23.2. The Morgan fingerprint density at radius 2 is 1.86 bits per heavy atom. The molecule has 15 heteroatoms. The topological polar surface area (TPSA) is 248 Å². The van der Waals surface area contributed by atoms with Gasteiger partial charge in [0.15, 0.2) is 0 Å². The van der Waals surface area contributed by atoms with Crippen molar-refractivity contribution in [2.24, 2.45) is 11.5 Å². The zero-order valence-corrected chi connectivity index (χ0v) is 29.3. The number of nitrogens with one attached hydrogen (secondary N) is 3. The van der Waals surface area contributed by atoms with E-state index in [2.05, 4.69) is 20.8 Å². The van der Waals surface area contributed by atoms with Gasteiger partial charge in [-0.25, -0.2) is 0 Å². The number of aliphatic hydroxyl groups excluding tert-OH is 4. The van der Waals surface area contributed by atoms with Gasteiger partial charge in [-0.15, -0.1) is 5.10 Å². The number of aromatic nitrogens is 2. The standard InChI is InChI=1S/C34H56N6O9/c1-19(2)27-23(32(40-39-27)49-33-30(45)29(44)28(43)25(18-41)48-33)16-21-10-11-22(15-20(21)3)47-14-8-13-37-34(4,5)17-26(42)38-24(31(36)46)9-6-7-12-35/h10-11,15,19,24-25,28-30,33,37,41,43-45H,6-9,12-14,16-18,35H2,1-5H3,(H2,36,46)(H,38,42)(H,39,40)/t24-,25+,28+,29-,30+,33-/m0/s1. The van der Waals surface area contributed by atoms with Gasteiger partial charge in [-0.2, -0.15) is 0 Å². The van der Waals surface area contributed by atoms with Crippen LogP contribution in [0.25, 0.3) is 0 Å². The van der Waals surface area contributed by atoms with Crippen molar-refractivity contribution in [3.8, 4) is 11.6 Å². The Hall–Kier alpha value is -3.31. The molecule has 49 heavy (non-hydrogen) atoms. The highest BCUT2D eigenvalue weighted by Gasteiger charge is 2.45. The van der Waals surface area contributed by atoms with Crippen LogP contribution in [0.2, 0.25) is 0 Å². The Kier molecular flexibility index (Phi) is 15.2. The molecular weight excluding hydrogens is 636 g/mol. The molecule has 2 heterocycles. The molecule has 1 aliphatic heterocycles. The van der Waals surface area contributed by atoms with Crippen molar-refractivity contribution in [1.82, 2.24) is 20.8 Å². The first-order valence-electron chi connectivity index (χ1n) is 17.0. The third-order valence-corrected chi connectivity index (χ3v) is 8.62. The summed E-state index contributed by atoms with van der Waals surface area (Å²) >= 11 is 0. The van der Waals surface area contributed by atoms with Gasteiger partial charge >= 0.3 is 0 Å². The number of carbonyl (C=O) groups is 2. The van der Waals surface area contributed by atoms with Gasteiger partial charge in [0.1, 0.15) is 36.2 Å². The van der Waals surface area contributed by atoms with Crippen LogP contribution in [0.1, 0.15) is 88.1 Å². The summed E-state index contributed by atoms with van der Waals surface area (Å²) < 4.78 is 17.4. The molecule has 0 spiro atoms. The predicted molar refractivity (Wildman–Crippen MR) is 182 cm³/mol. The normalized spacial score (nSPS) is 21.8. The zero-order valence-electron chi connectivity index (χ0n) is 29.3. The van der Waals surface area contributed by atoms with Gasteiger partial charge in [-0.1, -0.05) is 19.9 Å². The maximum atomic E-state index is 12.6. The fourth-order valence-electron chi connectivity index (χ4n) is 5.71. The number of H-pyrrole nitrogens is 1. The Labute approximate surface area is 288 Å². The smallest absolute Gasteiger partial charge is 0.239 e. The number of benzene rings is 1. The molecule has 1 aliphatic rings. The van der Waals surface area contributed by atoms with Gasteiger partial charge in [0.05, 0.1) is 13.2 Å². The number of aliphatic hydroxyl groups is 4. The van der Waals surface area contributed by atoms with Gasteiger partial charge in [-0.3, -0.25) is 14.7 Å². The first-order valence-corrected chi connectivity index (χ1v) is 17.0. The number of unbranched alkanes of at least 4 members (excludes halogenated alkanes) is 1. The monoisotopic (exact) mass is 692 g/mol. The summed E-state index contributed by atoms with van der Waals surface area (Å²) in [5.41, 5.74) is 14.0. The molecule has 0 unspecified atom stereocenters. The summed E-state index contributed by atoms with van der Waals surface area (Å²) in [5, 5.41) is 53.8. The van der Waals surface area contributed by atoms with Crippen molar-refractivity contribution in [3.63, 3.8) is 0 Å². The highest BCUT2D eigenvalue weighted by molar-refractivity contribution is 5.86. The number of rotatable bonds is 20. The fourth-order valence-corrected chi connectivity index (χ4v) is 5.71. The lowest BCUT2D eigenvalue weighted by Gasteiger charge is -2.39. The van der Waals surface area contributed by atoms with Crippen LogP contribution in [-0.4, -0.2) is 111 Å². The van der Waals surface area contributed by atoms with E-state index in [0.29, 0.717) is 51.1 Å². The second-order valence-electron chi connectivity index (χ2n) is 13.7. The zero-order chi connectivity index (χ0) is 36.3. The lowest BCUT2D eigenvalue weighted by atomic mass is 9.96. The van der Waals surface area contributed by atoms with E-state index in [1.165, 1.54) is 0 Å². The first kappa shape index (κ1) is 40.1. The average Bonchev–Trinajstić information content (AvgIpc) is 3.43. The Morgan fingerprint density at radius 3 is 2.49 bits per heavy atom. The Morgan fingerprint density at radius 1 is 1.12 bits per heavy atom. The molecule has 0 bridgehead atoms. The molecule has 0 radical (unpaired) electrons. The van der Waals surface area contributed by atoms with Crippen LogP contribution < -0.4 is 31.6 Å².